The fourth-order valence-corrected chi connectivity index (χ4v) is 2.69. The third-order valence-corrected chi connectivity index (χ3v) is 4.20. The van der Waals surface area contributed by atoms with Gasteiger partial charge in [-0.3, -0.25) is 4.79 Å². The number of hydrogen-bond acceptors (Lipinski definition) is 3. The van der Waals surface area contributed by atoms with Crippen molar-refractivity contribution in [3.8, 4) is 0 Å². The van der Waals surface area contributed by atoms with Gasteiger partial charge in [0.15, 0.2) is 0 Å². The Bertz CT molecular complexity index is 360. The van der Waals surface area contributed by atoms with E-state index in [2.05, 4.69) is 36.0 Å². The maximum Gasteiger partial charge on any atom is 0.305 e. The van der Waals surface area contributed by atoms with E-state index in [1.165, 1.54) is 39.2 Å². The Morgan fingerprint density at radius 3 is 2.43 bits per heavy atom. The molecule has 0 saturated carbocycles. The van der Waals surface area contributed by atoms with Crippen LogP contribution in [0.5, 0.6) is 0 Å². The normalized spacial score (nSPS) is 20.4. The second-order valence-corrected chi connectivity index (χ2v) is 6.26. The van der Waals surface area contributed by atoms with Crippen molar-refractivity contribution in [3.05, 3.63) is 24.3 Å². The molecule has 3 nitrogen and oxygen atoms in total. The van der Waals surface area contributed by atoms with Gasteiger partial charge in [0.25, 0.3) is 0 Å². The van der Waals surface area contributed by atoms with Crippen molar-refractivity contribution in [2.24, 2.45) is 0 Å². The molecule has 1 aliphatic rings. The first-order chi connectivity index (χ1) is 11.3. The van der Waals surface area contributed by atoms with Crippen LogP contribution in [0.15, 0.2) is 24.3 Å². The molecule has 2 atom stereocenters. The predicted octanol–water partition coefficient (Wildman–Crippen LogP) is 5.35. The van der Waals surface area contributed by atoms with Crippen LogP contribution >= 0.6 is 0 Å². The van der Waals surface area contributed by atoms with Crippen molar-refractivity contribution in [1.29, 1.82) is 0 Å². The Labute approximate surface area is 142 Å². The van der Waals surface area contributed by atoms with Crippen LogP contribution in [-0.2, 0) is 14.3 Å². The van der Waals surface area contributed by atoms with Crippen molar-refractivity contribution in [1.82, 2.24) is 0 Å². The van der Waals surface area contributed by atoms with E-state index in [4.69, 9.17) is 4.74 Å². The van der Waals surface area contributed by atoms with E-state index in [0.717, 1.165) is 32.1 Å². The first kappa shape index (κ1) is 20.0. The van der Waals surface area contributed by atoms with Crippen LogP contribution in [0.1, 0.15) is 77.6 Å². The molecule has 1 fully saturated rings. The van der Waals surface area contributed by atoms with E-state index in [0.29, 0.717) is 18.6 Å². The number of ether oxygens (including phenoxy) is 2. The van der Waals surface area contributed by atoms with Gasteiger partial charge < -0.3 is 9.47 Å². The zero-order valence-electron chi connectivity index (χ0n) is 15.0. The zero-order chi connectivity index (χ0) is 16.8. The Morgan fingerprint density at radius 2 is 1.70 bits per heavy atom. The fourth-order valence-electron chi connectivity index (χ4n) is 2.69. The standard InChI is InChI=1S/C20H34O3/c1-3-4-5-6-9-12-15-18-19(23-18)16-13-10-7-8-11-14-17-20(21)22-2/h4-5,12,15,18-19H,3,6-11,13-14,16-17H2,1-2H3/b5-4-,15-12+/t18-,19-/m1/s1. The molecule has 0 aromatic carbocycles. The highest BCUT2D eigenvalue weighted by Gasteiger charge is 2.35. The third kappa shape index (κ3) is 11.1. The van der Waals surface area contributed by atoms with Crippen LogP contribution in [0, 0.1) is 0 Å². The molecule has 0 radical (unpaired) electrons. The summed E-state index contributed by atoms with van der Waals surface area (Å²) in [6.07, 6.45) is 22.0. The molecule has 0 amide bonds. The number of rotatable bonds is 14. The van der Waals surface area contributed by atoms with Crippen LogP contribution in [0.25, 0.3) is 0 Å². The molecule has 0 aromatic heterocycles. The van der Waals surface area contributed by atoms with E-state index >= 15 is 0 Å². The highest BCUT2D eigenvalue weighted by molar-refractivity contribution is 5.68. The first-order valence-electron chi connectivity index (χ1n) is 9.31. The lowest BCUT2D eigenvalue weighted by Crippen LogP contribution is -1.99. The molecule has 0 N–H and O–H groups in total. The second kappa shape index (κ2) is 13.4. The molecule has 0 aromatic rings. The molecule has 1 aliphatic heterocycles. The van der Waals surface area contributed by atoms with Crippen molar-refractivity contribution in [2.75, 3.05) is 7.11 Å². The highest BCUT2D eigenvalue weighted by Crippen LogP contribution is 2.28. The highest BCUT2D eigenvalue weighted by atomic mass is 16.6. The molecule has 3 heteroatoms. The average molecular weight is 322 g/mol. The van der Waals surface area contributed by atoms with Crippen LogP contribution in [0.2, 0.25) is 0 Å². The van der Waals surface area contributed by atoms with E-state index < -0.39 is 0 Å². The zero-order valence-corrected chi connectivity index (χ0v) is 15.0. The Kier molecular flexibility index (Phi) is 11.6. The summed E-state index contributed by atoms with van der Waals surface area (Å²) in [6.45, 7) is 2.16. The summed E-state index contributed by atoms with van der Waals surface area (Å²) in [4.78, 5) is 11.0. The van der Waals surface area contributed by atoms with Crippen molar-refractivity contribution in [2.45, 2.75) is 89.8 Å². The van der Waals surface area contributed by atoms with Gasteiger partial charge >= 0.3 is 5.97 Å². The quantitative estimate of drug-likeness (QED) is 0.187. The molecule has 0 bridgehead atoms. The third-order valence-electron chi connectivity index (χ3n) is 4.20. The van der Waals surface area contributed by atoms with Gasteiger partial charge in [0.1, 0.15) is 6.10 Å². The lowest BCUT2D eigenvalue weighted by molar-refractivity contribution is -0.140. The monoisotopic (exact) mass is 322 g/mol. The van der Waals surface area contributed by atoms with Gasteiger partial charge in [0.2, 0.25) is 0 Å². The summed E-state index contributed by atoms with van der Waals surface area (Å²) in [5, 5.41) is 0. The number of carbonyl (C=O) groups excluding carboxylic acids is 1. The molecule has 1 heterocycles. The SMILES string of the molecule is CC/C=C\CC/C=C/[C@H]1O[C@@H]1CCCCCCCCC(=O)OC. The smallest absolute Gasteiger partial charge is 0.305 e. The molecule has 0 spiro atoms. The van der Waals surface area contributed by atoms with Crippen molar-refractivity contribution >= 4 is 5.97 Å². The number of epoxide rings is 1. The topological polar surface area (TPSA) is 38.8 Å². The number of esters is 1. The molecule has 0 aliphatic carbocycles. The van der Waals surface area contributed by atoms with Gasteiger partial charge in [0, 0.05) is 6.42 Å². The molecule has 1 saturated heterocycles. The van der Waals surface area contributed by atoms with Gasteiger partial charge in [0.05, 0.1) is 13.2 Å². The van der Waals surface area contributed by atoms with Gasteiger partial charge in [-0.25, -0.2) is 0 Å². The largest absolute Gasteiger partial charge is 0.469 e. The minimum Gasteiger partial charge on any atom is -0.469 e. The van der Waals surface area contributed by atoms with Crippen LogP contribution in [0.4, 0.5) is 0 Å². The van der Waals surface area contributed by atoms with Gasteiger partial charge in [-0.05, 0) is 32.1 Å². The van der Waals surface area contributed by atoms with Gasteiger partial charge in [-0.15, -0.1) is 0 Å². The second-order valence-electron chi connectivity index (χ2n) is 6.26. The Morgan fingerprint density at radius 1 is 1.00 bits per heavy atom. The summed E-state index contributed by atoms with van der Waals surface area (Å²) < 4.78 is 10.3. The molecular formula is C20H34O3. The van der Waals surface area contributed by atoms with Gasteiger partial charge in [-0.2, -0.15) is 0 Å². The number of hydrogen-bond donors (Lipinski definition) is 0. The Balaban J connectivity index is 1.84. The van der Waals surface area contributed by atoms with E-state index in [9.17, 15) is 4.79 Å². The van der Waals surface area contributed by atoms with Crippen molar-refractivity contribution in [3.63, 3.8) is 0 Å². The number of carbonyl (C=O) groups is 1. The minimum atomic E-state index is -0.0867. The molecule has 132 valence electrons. The number of methoxy groups -OCH3 is 1. The maximum absolute atomic E-state index is 11.0. The lowest BCUT2D eigenvalue weighted by Gasteiger charge is -2.01. The molecular weight excluding hydrogens is 288 g/mol. The molecule has 0 unspecified atom stereocenters. The summed E-state index contributed by atoms with van der Waals surface area (Å²) in [5.74, 6) is -0.0867. The minimum absolute atomic E-state index is 0.0867. The van der Waals surface area contributed by atoms with Crippen LogP contribution in [0.3, 0.4) is 0 Å². The Hall–Kier alpha value is -1.09. The summed E-state index contributed by atoms with van der Waals surface area (Å²) >= 11 is 0. The van der Waals surface area contributed by atoms with Crippen LogP contribution in [-0.4, -0.2) is 25.3 Å². The molecule has 1 rings (SSSR count). The van der Waals surface area contributed by atoms with E-state index in [-0.39, 0.29) is 5.97 Å². The number of unbranched alkanes of at least 4 members (excludes halogenated alkanes) is 6. The summed E-state index contributed by atoms with van der Waals surface area (Å²) in [5.41, 5.74) is 0. The molecule has 23 heavy (non-hydrogen) atoms. The van der Waals surface area contributed by atoms with Crippen molar-refractivity contribution < 1.29 is 14.3 Å². The number of allylic oxidation sites excluding steroid dienone is 3. The van der Waals surface area contributed by atoms with E-state index in [1.54, 1.807) is 0 Å². The fraction of sp³-hybridized carbons (Fsp3) is 0.750. The van der Waals surface area contributed by atoms with Gasteiger partial charge in [-0.1, -0.05) is 63.3 Å². The van der Waals surface area contributed by atoms with Crippen LogP contribution < -0.4 is 0 Å². The predicted molar refractivity (Wildman–Crippen MR) is 95.4 cm³/mol. The first-order valence-corrected chi connectivity index (χ1v) is 9.31. The summed E-state index contributed by atoms with van der Waals surface area (Å²) in [6, 6.07) is 0. The average Bonchev–Trinajstić information content (AvgIpc) is 3.31. The lowest BCUT2D eigenvalue weighted by atomic mass is 10.1. The summed E-state index contributed by atoms with van der Waals surface area (Å²) in [7, 11) is 1.45. The maximum atomic E-state index is 11.0. The van der Waals surface area contributed by atoms with E-state index in [1.807, 2.05) is 0 Å².